The van der Waals surface area contributed by atoms with Gasteiger partial charge in [0.1, 0.15) is 10.8 Å². The highest BCUT2D eigenvalue weighted by Crippen LogP contribution is 2.45. The van der Waals surface area contributed by atoms with Crippen molar-refractivity contribution in [2.45, 2.75) is 32.3 Å². The molecule has 0 radical (unpaired) electrons. The highest BCUT2D eigenvalue weighted by molar-refractivity contribution is 8.18. The zero-order valence-corrected chi connectivity index (χ0v) is 19.4. The van der Waals surface area contributed by atoms with Crippen molar-refractivity contribution in [3.63, 3.8) is 0 Å². The van der Waals surface area contributed by atoms with Gasteiger partial charge in [-0.05, 0) is 40.9 Å². The Morgan fingerprint density at radius 1 is 1.16 bits per heavy atom. The Labute approximate surface area is 195 Å². The molecule has 164 valence electrons. The van der Waals surface area contributed by atoms with E-state index in [0.29, 0.717) is 46.7 Å². The number of rotatable bonds is 2. The zero-order chi connectivity index (χ0) is 22.5. The van der Waals surface area contributed by atoms with Gasteiger partial charge in [0.25, 0.3) is 5.91 Å². The number of allylic oxidation sites excluding steroid dienone is 1. The fourth-order valence-corrected chi connectivity index (χ4v) is 5.97. The van der Waals surface area contributed by atoms with E-state index in [0.717, 1.165) is 16.7 Å². The number of likely N-dealkylation sites (tertiary alicyclic amines) is 1. The Morgan fingerprint density at radius 2 is 1.91 bits per heavy atom. The molecule has 5 rings (SSSR count). The van der Waals surface area contributed by atoms with Gasteiger partial charge in [-0.2, -0.15) is 4.99 Å². The third-order valence-electron chi connectivity index (χ3n) is 6.21. The van der Waals surface area contributed by atoms with E-state index in [9.17, 15) is 9.59 Å². The molecule has 1 fully saturated rings. The normalized spacial score (nSPS) is 21.1. The van der Waals surface area contributed by atoms with Crippen molar-refractivity contribution in [2.75, 3.05) is 13.1 Å². The van der Waals surface area contributed by atoms with Gasteiger partial charge in [0.2, 0.25) is 0 Å². The summed E-state index contributed by atoms with van der Waals surface area (Å²) in [5, 5.41) is 1.12. The lowest BCUT2D eigenvalue weighted by Gasteiger charge is -2.39. The van der Waals surface area contributed by atoms with Crippen molar-refractivity contribution < 1.29 is 14.3 Å². The van der Waals surface area contributed by atoms with Crippen LogP contribution in [0, 0.1) is 5.92 Å². The largest absolute Gasteiger partial charge is 0.450 e. The van der Waals surface area contributed by atoms with E-state index in [1.54, 1.807) is 12.3 Å². The molecular formula is C24H22ClN3O3S. The molecule has 0 bridgehead atoms. The molecule has 1 spiro atoms. The maximum Gasteiger partial charge on any atom is 0.339 e. The zero-order valence-electron chi connectivity index (χ0n) is 17.8. The lowest BCUT2D eigenvalue weighted by molar-refractivity contribution is -0.113. The van der Waals surface area contributed by atoms with Gasteiger partial charge in [-0.25, -0.2) is 9.78 Å². The molecule has 2 aromatic rings. The van der Waals surface area contributed by atoms with E-state index in [1.165, 1.54) is 11.8 Å². The molecule has 0 atom stereocenters. The molecule has 1 aromatic heterocycles. The number of nitrogens with zero attached hydrogens (tertiary/aromatic N) is 3. The quantitative estimate of drug-likeness (QED) is 0.355. The number of pyridine rings is 1. The number of hydrogen-bond acceptors (Lipinski definition) is 6. The van der Waals surface area contributed by atoms with Gasteiger partial charge < -0.3 is 9.64 Å². The molecule has 0 saturated carbocycles. The van der Waals surface area contributed by atoms with Crippen molar-refractivity contribution in [2.24, 2.45) is 10.9 Å². The molecule has 0 unspecified atom stereocenters. The fourth-order valence-electron chi connectivity index (χ4n) is 4.64. The van der Waals surface area contributed by atoms with Crippen LogP contribution in [0.2, 0.25) is 5.15 Å². The Hall–Kier alpha value is -2.64. The minimum absolute atomic E-state index is 0.123. The minimum atomic E-state index is -0.575. The number of hydrogen-bond donors (Lipinski definition) is 0. The number of halogens is 1. The molecule has 4 heterocycles. The lowest BCUT2D eigenvalue weighted by Crippen LogP contribution is -2.44. The molecule has 1 amide bonds. The molecule has 1 saturated heterocycles. The lowest BCUT2D eigenvalue weighted by atomic mass is 9.84. The fraction of sp³-hybridized carbons (Fsp3) is 0.333. The van der Waals surface area contributed by atoms with Crippen LogP contribution in [0.4, 0.5) is 0 Å². The van der Waals surface area contributed by atoms with Crippen LogP contribution in [-0.4, -0.2) is 40.0 Å². The van der Waals surface area contributed by atoms with Gasteiger partial charge in [-0.1, -0.05) is 49.7 Å². The van der Waals surface area contributed by atoms with Crippen LogP contribution >= 0.6 is 23.4 Å². The number of esters is 1. The van der Waals surface area contributed by atoms with Gasteiger partial charge in [0.15, 0.2) is 5.17 Å². The number of carbonyl (C=O) groups excluding carboxylic acids is 2. The van der Waals surface area contributed by atoms with E-state index < -0.39 is 5.60 Å². The number of carbonyl (C=O) groups is 2. The van der Waals surface area contributed by atoms with Crippen LogP contribution in [0.25, 0.3) is 5.57 Å². The van der Waals surface area contributed by atoms with Crippen molar-refractivity contribution >= 4 is 46.0 Å². The maximum absolute atomic E-state index is 12.9. The first-order valence-corrected chi connectivity index (χ1v) is 11.8. The molecular weight excluding hydrogens is 446 g/mol. The molecule has 0 N–H and O–H groups in total. The van der Waals surface area contributed by atoms with Crippen molar-refractivity contribution in [1.29, 1.82) is 0 Å². The van der Waals surface area contributed by atoms with E-state index in [4.69, 9.17) is 16.3 Å². The highest BCUT2D eigenvalue weighted by Gasteiger charge is 2.48. The van der Waals surface area contributed by atoms with Gasteiger partial charge in [-0.3, -0.25) is 4.79 Å². The molecule has 3 aliphatic rings. The predicted molar refractivity (Wildman–Crippen MR) is 125 cm³/mol. The number of piperidine rings is 1. The number of amides is 1. The van der Waals surface area contributed by atoms with Gasteiger partial charge in [-0.15, -0.1) is 0 Å². The third kappa shape index (κ3) is 3.53. The average molecular weight is 468 g/mol. The summed E-state index contributed by atoms with van der Waals surface area (Å²) in [6.07, 6.45) is 3.04. The van der Waals surface area contributed by atoms with Crippen molar-refractivity contribution in [3.8, 4) is 0 Å². The highest BCUT2D eigenvalue weighted by atomic mass is 35.5. The first-order chi connectivity index (χ1) is 15.4. The van der Waals surface area contributed by atoms with Crippen LogP contribution in [0.15, 0.2) is 52.5 Å². The number of ether oxygens (including phenoxy) is 1. The first kappa shape index (κ1) is 21.2. The summed E-state index contributed by atoms with van der Waals surface area (Å²) in [5.74, 6) is -0.347. The molecule has 1 aromatic carbocycles. The monoisotopic (exact) mass is 467 g/mol. The predicted octanol–water partition coefficient (Wildman–Crippen LogP) is 4.89. The van der Waals surface area contributed by atoms with Crippen LogP contribution in [0.3, 0.4) is 0 Å². The number of amidine groups is 1. The van der Waals surface area contributed by atoms with Crippen LogP contribution in [0.5, 0.6) is 0 Å². The van der Waals surface area contributed by atoms with Crippen LogP contribution in [0.1, 0.15) is 48.2 Å². The van der Waals surface area contributed by atoms with Crippen molar-refractivity contribution in [3.05, 3.63) is 69.3 Å². The van der Waals surface area contributed by atoms with Gasteiger partial charge in [0, 0.05) is 37.7 Å². The second kappa shape index (κ2) is 8.05. The van der Waals surface area contributed by atoms with Crippen LogP contribution in [-0.2, 0) is 15.1 Å². The van der Waals surface area contributed by atoms with Gasteiger partial charge >= 0.3 is 5.97 Å². The molecule has 3 aliphatic heterocycles. The van der Waals surface area contributed by atoms with E-state index in [1.807, 2.05) is 30.3 Å². The Balaban J connectivity index is 1.36. The minimum Gasteiger partial charge on any atom is -0.450 e. The number of aliphatic imine (C=N–C) groups is 1. The smallest absolute Gasteiger partial charge is 0.339 e. The summed E-state index contributed by atoms with van der Waals surface area (Å²) < 4.78 is 5.84. The molecule has 32 heavy (non-hydrogen) atoms. The summed E-state index contributed by atoms with van der Waals surface area (Å²) in [7, 11) is 0. The Kier molecular flexibility index (Phi) is 5.34. The SMILES string of the molecule is CC(C)/C(=C1\SC(N2CCC3(CC2)OC(=O)c2ccccc23)=NC1=O)c1ccc(Cl)nc1. The van der Waals surface area contributed by atoms with Gasteiger partial charge in [0.05, 0.1) is 10.5 Å². The molecule has 8 heteroatoms. The second-order valence-corrected chi connectivity index (χ2v) is 9.85. The van der Waals surface area contributed by atoms with E-state index >= 15 is 0 Å². The van der Waals surface area contributed by atoms with Crippen molar-refractivity contribution in [1.82, 2.24) is 9.88 Å². The third-order valence-corrected chi connectivity index (χ3v) is 7.57. The Morgan fingerprint density at radius 3 is 2.59 bits per heavy atom. The summed E-state index contributed by atoms with van der Waals surface area (Å²) >= 11 is 7.36. The van der Waals surface area contributed by atoms with E-state index in [-0.39, 0.29) is 17.8 Å². The summed E-state index contributed by atoms with van der Waals surface area (Å²) in [6.45, 7) is 5.43. The summed E-state index contributed by atoms with van der Waals surface area (Å²) in [6, 6.07) is 11.2. The first-order valence-electron chi connectivity index (χ1n) is 10.6. The maximum atomic E-state index is 12.9. The second-order valence-electron chi connectivity index (χ2n) is 8.49. The van der Waals surface area contributed by atoms with Crippen LogP contribution < -0.4 is 0 Å². The number of fused-ring (bicyclic) bond motifs is 2. The number of aromatic nitrogens is 1. The summed E-state index contributed by atoms with van der Waals surface area (Å²) in [5.41, 5.74) is 2.86. The number of benzene rings is 1. The summed E-state index contributed by atoms with van der Waals surface area (Å²) in [4.78, 5) is 36.5. The Bertz CT molecular complexity index is 1170. The van der Waals surface area contributed by atoms with E-state index in [2.05, 4.69) is 28.7 Å². The standard InChI is InChI=1S/C24H22ClN3O3S/c1-14(2)19(15-7-8-18(25)26-13-15)20-21(29)27-23(32-20)28-11-9-24(10-12-28)17-6-4-3-5-16(17)22(30)31-24/h3-8,13-14H,9-12H2,1-2H3/b20-19+. The topological polar surface area (TPSA) is 71.9 Å². The number of thioether (sulfide) groups is 1. The molecule has 6 nitrogen and oxygen atoms in total. The molecule has 0 aliphatic carbocycles. The average Bonchev–Trinajstić information content (AvgIpc) is 3.28.